The zero-order chi connectivity index (χ0) is 19.9. The van der Waals surface area contributed by atoms with Crippen molar-refractivity contribution in [3.05, 3.63) is 48.0 Å². The summed E-state index contributed by atoms with van der Waals surface area (Å²) in [5, 5.41) is 2.12. The van der Waals surface area contributed by atoms with Crippen molar-refractivity contribution in [1.82, 2.24) is 9.80 Å². The summed E-state index contributed by atoms with van der Waals surface area (Å²) in [6.07, 6.45) is 1.97. The molecule has 28 heavy (non-hydrogen) atoms. The second-order valence-electron chi connectivity index (χ2n) is 7.50. The van der Waals surface area contributed by atoms with Crippen LogP contribution in [0, 0.1) is 0 Å². The number of hydrogen-bond acceptors (Lipinski definition) is 5. The standard InChI is InChI=1S/C22H31N3O2S/c1-27-13-5-8-19-15-25(12-11-24(19)14-18(23)16-28)22(26)21-10-4-7-17-6-2-3-9-20(17)21/h2-4,6-7,9-10,18-19,28H,5,8,11-16,23H2,1H3/t18-,19?/m1/s1. The molecule has 0 radical (unpaired) electrons. The number of piperazine rings is 1. The number of methoxy groups -OCH3 is 1. The average Bonchev–Trinajstić information content (AvgIpc) is 2.74. The van der Waals surface area contributed by atoms with Crippen LogP contribution in [0.15, 0.2) is 42.5 Å². The molecule has 2 atom stereocenters. The first-order valence-corrected chi connectivity index (χ1v) is 10.6. The van der Waals surface area contributed by atoms with E-state index in [9.17, 15) is 4.79 Å². The summed E-state index contributed by atoms with van der Waals surface area (Å²) in [7, 11) is 1.73. The summed E-state index contributed by atoms with van der Waals surface area (Å²) in [6, 6.07) is 14.4. The molecule has 2 N–H and O–H groups in total. The third-order valence-corrected chi connectivity index (χ3v) is 5.97. The smallest absolute Gasteiger partial charge is 0.254 e. The Balaban J connectivity index is 1.75. The molecule has 3 rings (SSSR count). The van der Waals surface area contributed by atoms with Gasteiger partial charge in [-0.2, -0.15) is 12.6 Å². The number of fused-ring (bicyclic) bond motifs is 1. The molecular weight excluding hydrogens is 370 g/mol. The zero-order valence-electron chi connectivity index (χ0n) is 16.6. The fourth-order valence-corrected chi connectivity index (χ4v) is 4.11. The summed E-state index contributed by atoms with van der Waals surface area (Å²) in [4.78, 5) is 17.7. The van der Waals surface area contributed by atoms with Crippen LogP contribution in [-0.2, 0) is 4.74 Å². The number of nitrogens with two attached hydrogens (primary N) is 1. The van der Waals surface area contributed by atoms with Gasteiger partial charge in [-0.25, -0.2) is 0 Å². The number of nitrogens with zero attached hydrogens (tertiary/aromatic N) is 2. The quantitative estimate of drug-likeness (QED) is 0.527. The molecule has 0 aromatic heterocycles. The number of amides is 1. The Hall–Kier alpha value is -1.60. The monoisotopic (exact) mass is 401 g/mol. The second kappa shape index (κ2) is 10.3. The first-order chi connectivity index (χ1) is 13.6. The third kappa shape index (κ3) is 5.06. The molecule has 6 heteroatoms. The lowest BCUT2D eigenvalue weighted by molar-refractivity contribution is 0.0432. The van der Waals surface area contributed by atoms with E-state index in [4.69, 9.17) is 10.5 Å². The predicted molar refractivity (Wildman–Crippen MR) is 118 cm³/mol. The SMILES string of the molecule is COCCCC1CN(C(=O)c2cccc3ccccc23)CCN1C[C@@H](N)CS. The highest BCUT2D eigenvalue weighted by molar-refractivity contribution is 7.80. The zero-order valence-corrected chi connectivity index (χ0v) is 17.5. The predicted octanol–water partition coefficient (Wildman–Crippen LogP) is 2.65. The van der Waals surface area contributed by atoms with E-state index in [-0.39, 0.29) is 11.9 Å². The van der Waals surface area contributed by atoms with Gasteiger partial charge in [-0.15, -0.1) is 0 Å². The highest BCUT2D eigenvalue weighted by Gasteiger charge is 2.30. The lowest BCUT2D eigenvalue weighted by Crippen LogP contribution is -2.57. The van der Waals surface area contributed by atoms with Crippen molar-refractivity contribution in [2.45, 2.75) is 24.9 Å². The number of carbonyl (C=O) groups excluding carboxylic acids is 1. The Morgan fingerprint density at radius 1 is 1.25 bits per heavy atom. The minimum Gasteiger partial charge on any atom is -0.385 e. The fourth-order valence-electron chi connectivity index (χ4n) is 4.00. The lowest BCUT2D eigenvalue weighted by Gasteiger charge is -2.42. The van der Waals surface area contributed by atoms with Crippen LogP contribution in [0.2, 0.25) is 0 Å². The first-order valence-electron chi connectivity index (χ1n) is 10.0. The summed E-state index contributed by atoms with van der Waals surface area (Å²) in [5.74, 6) is 0.784. The molecule has 0 saturated carbocycles. The normalized spacial score (nSPS) is 19.1. The van der Waals surface area contributed by atoms with E-state index in [1.165, 1.54) is 0 Å². The number of carbonyl (C=O) groups is 1. The molecule has 1 unspecified atom stereocenters. The molecule has 2 aromatic rings. The maximum absolute atomic E-state index is 13.3. The molecule has 0 bridgehead atoms. The Kier molecular flexibility index (Phi) is 7.73. The van der Waals surface area contributed by atoms with Crippen LogP contribution >= 0.6 is 12.6 Å². The maximum Gasteiger partial charge on any atom is 0.254 e. The number of rotatable bonds is 8. The average molecular weight is 402 g/mol. The molecule has 1 saturated heterocycles. The van der Waals surface area contributed by atoms with Gasteiger partial charge in [-0.3, -0.25) is 9.69 Å². The van der Waals surface area contributed by atoms with Gasteiger partial charge in [0.15, 0.2) is 0 Å². The molecule has 0 spiro atoms. The summed E-state index contributed by atoms with van der Waals surface area (Å²) in [6.45, 7) is 3.85. The Bertz CT molecular complexity index is 780. The van der Waals surface area contributed by atoms with Crippen molar-refractivity contribution in [3.8, 4) is 0 Å². The van der Waals surface area contributed by atoms with E-state index in [0.717, 1.165) is 62.0 Å². The number of ether oxygens (including phenoxy) is 1. The molecule has 1 aliphatic heterocycles. The van der Waals surface area contributed by atoms with Crippen molar-refractivity contribution in [2.75, 3.05) is 45.6 Å². The number of thiol groups is 1. The van der Waals surface area contributed by atoms with E-state index in [1.54, 1.807) is 7.11 Å². The van der Waals surface area contributed by atoms with Crippen LogP contribution in [0.4, 0.5) is 0 Å². The van der Waals surface area contributed by atoms with Gasteiger partial charge in [-0.1, -0.05) is 36.4 Å². The Labute approximate surface area is 173 Å². The molecule has 1 fully saturated rings. The van der Waals surface area contributed by atoms with Crippen molar-refractivity contribution < 1.29 is 9.53 Å². The van der Waals surface area contributed by atoms with Crippen LogP contribution in [0.3, 0.4) is 0 Å². The van der Waals surface area contributed by atoms with Gasteiger partial charge < -0.3 is 15.4 Å². The number of hydrogen-bond donors (Lipinski definition) is 2. The van der Waals surface area contributed by atoms with Gasteiger partial charge >= 0.3 is 0 Å². The highest BCUT2D eigenvalue weighted by Crippen LogP contribution is 2.23. The van der Waals surface area contributed by atoms with Crippen molar-refractivity contribution >= 4 is 29.3 Å². The van der Waals surface area contributed by atoms with Crippen LogP contribution in [0.1, 0.15) is 23.2 Å². The molecule has 1 heterocycles. The van der Waals surface area contributed by atoms with E-state index >= 15 is 0 Å². The van der Waals surface area contributed by atoms with Gasteiger partial charge in [-0.05, 0) is 29.7 Å². The summed E-state index contributed by atoms with van der Waals surface area (Å²) >= 11 is 4.33. The second-order valence-corrected chi connectivity index (χ2v) is 7.87. The van der Waals surface area contributed by atoms with E-state index in [2.05, 4.69) is 29.7 Å². The van der Waals surface area contributed by atoms with Gasteiger partial charge in [0.1, 0.15) is 0 Å². The van der Waals surface area contributed by atoms with Crippen molar-refractivity contribution in [3.63, 3.8) is 0 Å². The topological polar surface area (TPSA) is 58.8 Å². The van der Waals surface area contributed by atoms with Crippen LogP contribution in [0.5, 0.6) is 0 Å². The Morgan fingerprint density at radius 2 is 2.04 bits per heavy atom. The molecule has 0 aliphatic carbocycles. The third-order valence-electron chi connectivity index (χ3n) is 5.50. The van der Waals surface area contributed by atoms with E-state index < -0.39 is 0 Å². The molecule has 152 valence electrons. The van der Waals surface area contributed by atoms with E-state index in [1.807, 2.05) is 35.2 Å². The lowest BCUT2D eigenvalue weighted by atomic mass is 10.0. The summed E-state index contributed by atoms with van der Waals surface area (Å²) in [5.41, 5.74) is 6.93. The van der Waals surface area contributed by atoms with Crippen LogP contribution < -0.4 is 5.73 Å². The highest BCUT2D eigenvalue weighted by atomic mass is 32.1. The van der Waals surface area contributed by atoms with Gasteiger partial charge in [0.05, 0.1) is 0 Å². The minimum absolute atomic E-state index is 0.0496. The minimum atomic E-state index is 0.0496. The maximum atomic E-state index is 13.3. The van der Waals surface area contributed by atoms with Crippen molar-refractivity contribution in [1.29, 1.82) is 0 Å². The van der Waals surface area contributed by atoms with Crippen LogP contribution in [0.25, 0.3) is 10.8 Å². The molecular formula is C22H31N3O2S. The molecule has 1 aliphatic rings. The largest absolute Gasteiger partial charge is 0.385 e. The summed E-state index contributed by atoms with van der Waals surface area (Å²) < 4.78 is 5.23. The first kappa shape index (κ1) is 21.1. The Morgan fingerprint density at radius 3 is 2.82 bits per heavy atom. The van der Waals surface area contributed by atoms with Gasteiger partial charge in [0.2, 0.25) is 0 Å². The van der Waals surface area contributed by atoms with Gasteiger partial charge in [0.25, 0.3) is 5.91 Å². The van der Waals surface area contributed by atoms with Crippen molar-refractivity contribution in [2.24, 2.45) is 5.73 Å². The van der Waals surface area contributed by atoms with Crippen LogP contribution in [-0.4, -0.2) is 73.4 Å². The number of benzene rings is 2. The van der Waals surface area contributed by atoms with Gasteiger partial charge in [0, 0.05) is 63.3 Å². The molecule has 2 aromatic carbocycles. The van der Waals surface area contributed by atoms with E-state index in [0.29, 0.717) is 11.8 Å². The molecule has 1 amide bonds. The fraction of sp³-hybridized carbons (Fsp3) is 0.500. The molecule has 5 nitrogen and oxygen atoms in total.